The van der Waals surface area contributed by atoms with Crippen LogP contribution in [-0.4, -0.2) is 62.2 Å². The van der Waals surface area contributed by atoms with Gasteiger partial charge in [-0.2, -0.15) is 4.39 Å². The van der Waals surface area contributed by atoms with Crippen LogP contribution in [0.3, 0.4) is 0 Å². The number of morpholine rings is 1. The maximum atomic E-state index is 13.9. The lowest BCUT2D eigenvalue weighted by Crippen LogP contribution is -2.38. The first-order chi connectivity index (χ1) is 26.2. The Bertz CT molecular complexity index is 2440. The molecule has 1 aliphatic rings. The molecule has 11 heteroatoms. The average molecular weight is 725 g/mol. The van der Waals surface area contributed by atoms with E-state index in [1.165, 1.54) is 24.3 Å². The molecule has 3 aromatic heterocycles. The van der Waals surface area contributed by atoms with Crippen LogP contribution in [0.5, 0.6) is 0 Å². The second-order valence-corrected chi connectivity index (χ2v) is 13.2. The molecule has 272 valence electrons. The Morgan fingerprint density at radius 2 is 1.37 bits per heavy atom. The predicted molar refractivity (Wildman–Crippen MR) is 207 cm³/mol. The summed E-state index contributed by atoms with van der Waals surface area (Å²) in [5.41, 5.74) is 10.0. The highest BCUT2D eigenvalue weighted by atomic mass is 19.1. The van der Waals surface area contributed by atoms with Gasteiger partial charge < -0.3 is 9.30 Å². The molecule has 0 atom stereocenters. The summed E-state index contributed by atoms with van der Waals surface area (Å²) in [5, 5.41) is 10.7. The monoisotopic (exact) mass is 724 g/mol. The Hall–Kier alpha value is -6.17. The van der Waals surface area contributed by atoms with Crippen LogP contribution in [0.4, 0.5) is 14.5 Å². The van der Waals surface area contributed by atoms with Gasteiger partial charge in [-0.1, -0.05) is 42.0 Å². The molecule has 54 heavy (non-hydrogen) atoms. The summed E-state index contributed by atoms with van der Waals surface area (Å²) >= 11 is 0. The van der Waals surface area contributed by atoms with Crippen LogP contribution >= 0.6 is 0 Å². The molecular formula is C43H38F2N6O3. The van der Waals surface area contributed by atoms with E-state index in [1.807, 2.05) is 55.7 Å². The van der Waals surface area contributed by atoms with Crippen LogP contribution in [0, 0.1) is 35.6 Å². The van der Waals surface area contributed by atoms with Gasteiger partial charge >= 0.3 is 5.69 Å². The number of hydrogen-bond acceptors (Lipinski definition) is 7. The minimum Gasteiger partial charge on any atom is -0.379 e. The van der Waals surface area contributed by atoms with Gasteiger partial charge in [0.05, 0.1) is 46.9 Å². The second kappa shape index (κ2) is 16.2. The molecule has 7 aromatic rings. The fraction of sp³-hybridized carbons (Fsp3) is 0.186. The summed E-state index contributed by atoms with van der Waals surface area (Å²) < 4.78 is 35.4. The van der Waals surface area contributed by atoms with Crippen molar-refractivity contribution < 1.29 is 18.4 Å². The van der Waals surface area contributed by atoms with Gasteiger partial charge in [0, 0.05) is 66.9 Å². The molecular weight excluding hydrogens is 687 g/mol. The van der Waals surface area contributed by atoms with Crippen LogP contribution in [0.25, 0.3) is 55.8 Å². The molecule has 4 aromatic carbocycles. The summed E-state index contributed by atoms with van der Waals surface area (Å²) in [6, 6.07) is 30.8. The van der Waals surface area contributed by atoms with Crippen molar-refractivity contribution in [3.8, 4) is 44.8 Å². The van der Waals surface area contributed by atoms with Crippen molar-refractivity contribution in [2.75, 3.05) is 32.8 Å². The molecule has 0 unspecified atom stereocenters. The average Bonchev–Trinajstić information content (AvgIpc) is 3.61. The second-order valence-electron chi connectivity index (χ2n) is 13.2. The first-order valence-electron chi connectivity index (χ1n) is 17.7. The van der Waals surface area contributed by atoms with Gasteiger partial charge in [0.1, 0.15) is 5.82 Å². The maximum Gasteiger partial charge on any atom is 0.304 e. The number of benzene rings is 4. The Labute approximate surface area is 311 Å². The molecule has 0 amide bonds. The van der Waals surface area contributed by atoms with Gasteiger partial charge in [-0.05, 0) is 91.2 Å². The van der Waals surface area contributed by atoms with Crippen molar-refractivity contribution in [2.45, 2.75) is 20.4 Å². The Morgan fingerprint density at radius 3 is 2.04 bits per heavy atom. The molecule has 0 bridgehead atoms. The molecule has 9 nitrogen and oxygen atoms in total. The normalized spacial score (nSPS) is 13.0. The highest BCUT2D eigenvalue weighted by molar-refractivity contribution is 5.87. The van der Waals surface area contributed by atoms with Crippen LogP contribution in [0.15, 0.2) is 122 Å². The molecule has 1 aliphatic heterocycles. The van der Waals surface area contributed by atoms with Crippen molar-refractivity contribution in [1.29, 1.82) is 0 Å². The van der Waals surface area contributed by atoms with Crippen molar-refractivity contribution in [1.82, 2.24) is 24.4 Å². The number of halogens is 2. The minimum absolute atomic E-state index is 0.202. The number of ether oxygens (including phenoxy) is 1. The number of hydrogen-bond donors (Lipinski definition) is 0. The lowest BCUT2D eigenvalue weighted by atomic mass is 9.98. The van der Waals surface area contributed by atoms with E-state index in [0.29, 0.717) is 16.8 Å². The summed E-state index contributed by atoms with van der Waals surface area (Å²) in [6.07, 6.45) is 5.37. The molecule has 0 aliphatic carbocycles. The number of rotatable bonds is 8. The Balaban J connectivity index is 0.000000175. The van der Waals surface area contributed by atoms with Crippen molar-refractivity contribution in [3.63, 3.8) is 0 Å². The third-order valence-corrected chi connectivity index (χ3v) is 9.49. The number of aromatic nitrogens is 4. The first-order valence-corrected chi connectivity index (χ1v) is 17.7. The Morgan fingerprint density at radius 1 is 0.704 bits per heavy atom. The highest BCUT2D eigenvalue weighted by Crippen LogP contribution is 2.34. The molecule has 0 saturated carbocycles. The van der Waals surface area contributed by atoms with E-state index in [9.17, 15) is 18.9 Å². The number of nitrogens with zero attached hydrogens (tertiary/aromatic N) is 6. The number of pyridine rings is 2. The predicted octanol–water partition coefficient (Wildman–Crippen LogP) is 9.32. The first kappa shape index (κ1) is 36.2. The van der Waals surface area contributed by atoms with Crippen LogP contribution in [0.2, 0.25) is 0 Å². The van der Waals surface area contributed by atoms with E-state index in [0.717, 1.165) is 89.5 Å². The van der Waals surface area contributed by atoms with Crippen molar-refractivity contribution in [2.24, 2.45) is 0 Å². The lowest BCUT2D eigenvalue weighted by Gasteiger charge is -2.26. The summed E-state index contributed by atoms with van der Waals surface area (Å²) in [4.78, 5) is 26.0. The molecule has 4 heterocycles. The zero-order valence-corrected chi connectivity index (χ0v) is 30.0. The topological polar surface area (TPSA) is 99.2 Å². The number of imidazole rings is 1. The van der Waals surface area contributed by atoms with Gasteiger partial charge in [-0.25, -0.2) is 9.37 Å². The van der Waals surface area contributed by atoms with E-state index in [-0.39, 0.29) is 5.82 Å². The smallest absolute Gasteiger partial charge is 0.304 e. The van der Waals surface area contributed by atoms with Gasteiger partial charge in [0.15, 0.2) is 0 Å². The Kier molecular flexibility index (Phi) is 10.9. The zero-order chi connectivity index (χ0) is 37.6. The van der Waals surface area contributed by atoms with E-state index in [2.05, 4.69) is 48.7 Å². The van der Waals surface area contributed by atoms with E-state index < -0.39 is 16.4 Å². The van der Waals surface area contributed by atoms with Crippen molar-refractivity contribution in [3.05, 3.63) is 155 Å². The number of nitro groups is 1. The fourth-order valence-corrected chi connectivity index (χ4v) is 6.62. The lowest BCUT2D eigenvalue weighted by molar-refractivity contribution is -0.387. The van der Waals surface area contributed by atoms with Gasteiger partial charge in [0.2, 0.25) is 5.82 Å². The minimum atomic E-state index is -0.855. The summed E-state index contributed by atoms with van der Waals surface area (Å²) in [6.45, 7) is 9.20. The third kappa shape index (κ3) is 8.07. The molecule has 0 spiro atoms. The molecule has 1 saturated heterocycles. The van der Waals surface area contributed by atoms with E-state index >= 15 is 0 Å². The van der Waals surface area contributed by atoms with Gasteiger partial charge in [-0.3, -0.25) is 25.0 Å². The summed E-state index contributed by atoms with van der Waals surface area (Å²) in [5.74, 6) is -1.06. The maximum absolute atomic E-state index is 13.9. The molecule has 0 radical (unpaired) electrons. The zero-order valence-electron chi connectivity index (χ0n) is 30.0. The van der Waals surface area contributed by atoms with Crippen LogP contribution in [0.1, 0.15) is 11.1 Å². The number of fused-ring (bicyclic) bond motifs is 1. The van der Waals surface area contributed by atoms with E-state index in [1.54, 1.807) is 31.5 Å². The van der Waals surface area contributed by atoms with Gasteiger partial charge in [-0.15, -0.1) is 0 Å². The molecule has 8 rings (SSSR count). The van der Waals surface area contributed by atoms with Crippen LogP contribution in [-0.2, 0) is 11.3 Å². The van der Waals surface area contributed by atoms with E-state index in [4.69, 9.17) is 4.74 Å². The number of nitro benzene ring substituents is 1. The molecule has 1 fully saturated rings. The third-order valence-electron chi connectivity index (χ3n) is 9.49. The summed E-state index contributed by atoms with van der Waals surface area (Å²) in [7, 11) is 0. The fourth-order valence-electron chi connectivity index (χ4n) is 6.62. The molecule has 0 N–H and O–H groups in total. The largest absolute Gasteiger partial charge is 0.379 e. The standard InChI is InChI=1S/C25H25FN4O.C18H13FN2O2/c1-18-15-20(4-6-22(18)26)25-21(3-2-8-27-25)19-5-7-23-24(16-19)30(17-28-23)10-9-29-11-13-31-14-12-29;1-12-4-2-5-14(10-12)18-15(6-3-9-20-18)13-7-8-17(21(22)23)16(19)11-13/h2-8,15-17H,9-14H2,1H3;2-11H,1H3. The number of aryl methyl sites for hydroxylation is 2. The SMILES string of the molecule is Cc1cc(-c2ncccc2-c2ccc3ncn(CCN4CCOCC4)c3c2)ccc1F.Cc1cccc(-c2ncccc2-c2ccc([N+](=O)[O-])c(F)c2)c1. The van der Waals surface area contributed by atoms with Gasteiger partial charge in [0.25, 0.3) is 0 Å². The quantitative estimate of drug-likeness (QED) is 0.114. The van der Waals surface area contributed by atoms with Crippen molar-refractivity contribution >= 4 is 16.7 Å². The van der Waals surface area contributed by atoms with Crippen LogP contribution < -0.4 is 0 Å². The highest BCUT2D eigenvalue weighted by Gasteiger charge is 2.17.